The zero-order chi connectivity index (χ0) is 12.0. The highest BCUT2D eigenvalue weighted by molar-refractivity contribution is 8.00. The van der Waals surface area contributed by atoms with Gasteiger partial charge in [-0.1, -0.05) is 13.8 Å². The second kappa shape index (κ2) is 6.50. The van der Waals surface area contributed by atoms with Crippen molar-refractivity contribution in [1.82, 2.24) is 4.90 Å². The first-order valence-corrected chi connectivity index (χ1v) is 7.04. The van der Waals surface area contributed by atoms with E-state index in [1.807, 2.05) is 18.7 Å². The second-order valence-electron chi connectivity index (χ2n) is 4.75. The molecule has 0 aliphatic carbocycles. The van der Waals surface area contributed by atoms with E-state index in [9.17, 15) is 4.79 Å². The molecule has 1 saturated heterocycles. The molecule has 1 aliphatic heterocycles. The van der Waals surface area contributed by atoms with Crippen molar-refractivity contribution in [2.45, 2.75) is 38.4 Å². The van der Waals surface area contributed by atoms with Crippen LogP contribution >= 0.6 is 11.8 Å². The molecule has 0 amide bonds. The lowest BCUT2D eigenvalue weighted by atomic mass is 10.1. The molecule has 0 bridgehead atoms. The maximum atomic E-state index is 11.2. The molecule has 0 saturated carbocycles. The highest BCUT2D eigenvalue weighted by Crippen LogP contribution is 2.30. The Hall–Kier alpha value is -0.220. The molecule has 3 nitrogen and oxygen atoms in total. The maximum Gasteiger partial charge on any atom is 0.307 e. The van der Waals surface area contributed by atoms with Crippen LogP contribution in [0.5, 0.6) is 0 Å². The summed E-state index contributed by atoms with van der Waals surface area (Å²) in [6.45, 7) is 9.96. The van der Waals surface area contributed by atoms with E-state index in [2.05, 4.69) is 18.7 Å². The maximum absolute atomic E-state index is 11.2. The molecule has 0 unspecified atom stereocenters. The zero-order valence-electron chi connectivity index (χ0n) is 10.6. The van der Waals surface area contributed by atoms with Crippen molar-refractivity contribution >= 4 is 17.7 Å². The number of carbonyl (C=O) groups excluding carboxylic acids is 1. The molecule has 1 rings (SSSR count). The van der Waals surface area contributed by atoms with Gasteiger partial charge in [0.25, 0.3) is 0 Å². The van der Waals surface area contributed by atoms with Gasteiger partial charge in [0.1, 0.15) is 0 Å². The fourth-order valence-corrected chi connectivity index (χ4v) is 2.91. The number of nitrogens with zero attached hydrogens (tertiary/aromatic N) is 1. The smallest absolute Gasteiger partial charge is 0.307 e. The molecule has 94 valence electrons. The molecule has 1 fully saturated rings. The van der Waals surface area contributed by atoms with E-state index in [1.54, 1.807) is 0 Å². The molecule has 0 aromatic heterocycles. The van der Waals surface area contributed by atoms with Gasteiger partial charge in [0, 0.05) is 23.6 Å². The number of hydrogen-bond donors (Lipinski definition) is 0. The summed E-state index contributed by atoms with van der Waals surface area (Å²) in [5.41, 5.74) is 0. The minimum Gasteiger partial charge on any atom is -0.466 e. The van der Waals surface area contributed by atoms with Gasteiger partial charge in [-0.2, -0.15) is 11.8 Å². The molecule has 0 N–H and O–H groups in total. The summed E-state index contributed by atoms with van der Waals surface area (Å²) < 4.78 is 5.32. The normalized spacial score (nSPS) is 21.4. The topological polar surface area (TPSA) is 29.5 Å². The van der Waals surface area contributed by atoms with Crippen LogP contribution in [-0.4, -0.2) is 47.6 Å². The van der Waals surface area contributed by atoms with E-state index in [0.29, 0.717) is 17.8 Å². The van der Waals surface area contributed by atoms with Crippen LogP contribution < -0.4 is 0 Å². The van der Waals surface area contributed by atoms with Gasteiger partial charge >= 0.3 is 5.97 Å². The minimum absolute atomic E-state index is 0.0707. The molecular formula is C12H23NO2S. The van der Waals surface area contributed by atoms with Crippen LogP contribution in [0.1, 0.15) is 33.6 Å². The lowest BCUT2D eigenvalue weighted by Gasteiger charge is -2.22. The average Bonchev–Trinajstić information content (AvgIpc) is 2.37. The van der Waals surface area contributed by atoms with Gasteiger partial charge in [-0.15, -0.1) is 0 Å². The molecule has 1 heterocycles. The van der Waals surface area contributed by atoms with E-state index in [1.165, 1.54) is 6.42 Å². The van der Waals surface area contributed by atoms with Crippen molar-refractivity contribution < 1.29 is 9.53 Å². The molecule has 0 spiro atoms. The largest absolute Gasteiger partial charge is 0.466 e. The third-order valence-electron chi connectivity index (χ3n) is 2.87. The van der Waals surface area contributed by atoms with Crippen molar-refractivity contribution in [3.63, 3.8) is 0 Å². The summed E-state index contributed by atoms with van der Waals surface area (Å²) in [6.07, 6.45) is 1.72. The van der Waals surface area contributed by atoms with Crippen LogP contribution in [0.25, 0.3) is 0 Å². The van der Waals surface area contributed by atoms with E-state index in [-0.39, 0.29) is 5.97 Å². The van der Waals surface area contributed by atoms with Gasteiger partial charge in [-0.25, -0.2) is 0 Å². The molecule has 0 aromatic rings. The van der Waals surface area contributed by atoms with Gasteiger partial charge in [0.15, 0.2) is 0 Å². The molecule has 0 atom stereocenters. The van der Waals surface area contributed by atoms with E-state index in [4.69, 9.17) is 4.74 Å². The van der Waals surface area contributed by atoms with Crippen LogP contribution in [0.3, 0.4) is 0 Å². The van der Waals surface area contributed by atoms with Crippen molar-refractivity contribution in [3.05, 3.63) is 0 Å². The van der Waals surface area contributed by atoms with Crippen LogP contribution in [-0.2, 0) is 9.53 Å². The Balaban J connectivity index is 2.25. The van der Waals surface area contributed by atoms with Gasteiger partial charge in [0.2, 0.25) is 0 Å². The summed E-state index contributed by atoms with van der Waals surface area (Å²) in [4.78, 5) is 13.6. The Kier molecular flexibility index (Phi) is 5.62. The minimum atomic E-state index is -0.0707. The highest BCUT2D eigenvalue weighted by Gasteiger charge is 2.23. The first-order valence-electron chi connectivity index (χ1n) is 6.05. The van der Waals surface area contributed by atoms with Crippen molar-refractivity contribution in [3.8, 4) is 0 Å². The lowest BCUT2D eigenvalue weighted by molar-refractivity contribution is -0.143. The van der Waals surface area contributed by atoms with Gasteiger partial charge in [-0.3, -0.25) is 4.79 Å². The lowest BCUT2D eigenvalue weighted by Crippen LogP contribution is -2.29. The number of thioether (sulfide) groups is 1. The zero-order valence-corrected chi connectivity index (χ0v) is 11.4. The molecule has 16 heavy (non-hydrogen) atoms. The van der Waals surface area contributed by atoms with Crippen LogP contribution in [0.2, 0.25) is 0 Å². The number of ether oxygens (including phenoxy) is 1. The van der Waals surface area contributed by atoms with Crippen LogP contribution in [0.4, 0.5) is 0 Å². The number of rotatable bonds is 4. The average molecular weight is 245 g/mol. The quantitative estimate of drug-likeness (QED) is 0.710. The summed E-state index contributed by atoms with van der Waals surface area (Å²) in [7, 11) is 0. The Morgan fingerprint density at radius 1 is 1.44 bits per heavy atom. The molecular weight excluding hydrogens is 222 g/mol. The van der Waals surface area contributed by atoms with Crippen molar-refractivity contribution in [2.75, 3.05) is 32.0 Å². The van der Waals surface area contributed by atoms with Gasteiger partial charge in [0.05, 0.1) is 13.0 Å². The summed E-state index contributed by atoms with van der Waals surface area (Å²) in [5.74, 6) is 1.09. The van der Waals surface area contributed by atoms with E-state index in [0.717, 1.165) is 25.4 Å². The first kappa shape index (κ1) is 13.8. The molecule has 0 radical (unpaired) electrons. The van der Waals surface area contributed by atoms with Crippen molar-refractivity contribution in [1.29, 1.82) is 0 Å². The fraction of sp³-hybridized carbons (Fsp3) is 0.917. The Labute approximate surface area is 103 Å². The van der Waals surface area contributed by atoms with Gasteiger partial charge < -0.3 is 9.64 Å². The molecule has 4 heteroatoms. The van der Waals surface area contributed by atoms with Gasteiger partial charge in [-0.05, 0) is 19.9 Å². The van der Waals surface area contributed by atoms with Crippen LogP contribution in [0.15, 0.2) is 0 Å². The SMILES string of the molecule is CCOC(=O)CCN1CCSC(C)(C)CC1. The van der Waals surface area contributed by atoms with E-state index >= 15 is 0 Å². The van der Waals surface area contributed by atoms with Crippen molar-refractivity contribution in [2.24, 2.45) is 0 Å². The Morgan fingerprint density at radius 2 is 2.19 bits per heavy atom. The summed E-state index contributed by atoms with van der Waals surface area (Å²) in [5, 5.41) is 0. The number of carbonyl (C=O) groups is 1. The highest BCUT2D eigenvalue weighted by atomic mass is 32.2. The predicted octanol–water partition coefficient (Wildman–Crippen LogP) is 2.16. The predicted molar refractivity (Wildman–Crippen MR) is 68.8 cm³/mol. The standard InChI is InChI=1S/C12H23NO2S/c1-4-15-11(14)5-7-13-8-6-12(2,3)16-10-9-13/h4-10H2,1-3H3. The molecule has 1 aliphatic rings. The van der Waals surface area contributed by atoms with E-state index < -0.39 is 0 Å². The number of hydrogen-bond acceptors (Lipinski definition) is 4. The second-order valence-corrected chi connectivity index (χ2v) is 6.56. The third-order valence-corrected chi connectivity index (χ3v) is 4.24. The summed E-state index contributed by atoms with van der Waals surface area (Å²) in [6, 6.07) is 0. The monoisotopic (exact) mass is 245 g/mol. The Morgan fingerprint density at radius 3 is 2.88 bits per heavy atom. The first-order chi connectivity index (χ1) is 7.53. The fourth-order valence-electron chi connectivity index (χ4n) is 1.77. The van der Waals surface area contributed by atoms with Crippen LogP contribution in [0, 0.1) is 0 Å². The summed E-state index contributed by atoms with van der Waals surface area (Å²) >= 11 is 2.03. The Bertz CT molecular complexity index is 231. The third kappa shape index (κ3) is 5.21. The molecule has 0 aromatic carbocycles. The number of esters is 1.